The number of anilines is 2. The Balaban J connectivity index is 0.000000223. The molecule has 6 aromatic rings. The highest BCUT2D eigenvalue weighted by atomic mass is 35.5. The molecule has 0 radical (unpaired) electrons. The molecular weight excluding hydrogens is 826 g/mol. The molecule has 58 heavy (non-hydrogen) atoms. The van der Waals surface area contributed by atoms with E-state index in [1.807, 2.05) is 6.07 Å². The van der Waals surface area contributed by atoms with Gasteiger partial charge in [-0.15, -0.1) is 22.7 Å². The second-order valence-electron chi connectivity index (χ2n) is 13.8. The highest BCUT2D eigenvalue weighted by Gasteiger charge is 2.29. The molecule has 0 saturated heterocycles. The molecular formula is C44H38Cl2F2N2O6S2. The van der Waals surface area contributed by atoms with Crippen LogP contribution in [0.3, 0.4) is 0 Å². The van der Waals surface area contributed by atoms with E-state index in [0.29, 0.717) is 37.9 Å². The van der Waals surface area contributed by atoms with Crippen molar-refractivity contribution in [3.63, 3.8) is 0 Å². The second-order valence-corrected chi connectivity index (χ2v) is 16.5. The van der Waals surface area contributed by atoms with Gasteiger partial charge < -0.3 is 20.5 Å². The minimum absolute atomic E-state index is 0.0517. The first-order valence-electron chi connectivity index (χ1n) is 17.8. The van der Waals surface area contributed by atoms with Crippen LogP contribution in [0.5, 0.6) is 0 Å². The van der Waals surface area contributed by atoms with Crippen LogP contribution in [0.4, 0.5) is 18.8 Å². The smallest absolute Gasteiger partial charge is 0.342 e. The van der Waals surface area contributed by atoms with E-state index in [1.54, 1.807) is 135 Å². The van der Waals surface area contributed by atoms with Crippen molar-refractivity contribution in [1.82, 2.24) is 0 Å². The lowest BCUT2D eigenvalue weighted by Crippen LogP contribution is -2.28. The van der Waals surface area contributed by atoms with E-state index in [0.717, 1.165) is 28.2 Å². The van der Waals surface area contributed by atoms with E-state index in [-0.39, 0.29) is 34.0 Å². The molecule has 0 aliphatic heterocycles. The number of benzene rings is 4. The van der Waals surface area contributed by atoms with Crippen LogP contribution >= 0.6 is 45.9 Å². The molecule has 0 saturated carbocycles. The number of nitrogens with one attached hydrogen (secondary N) is 2. The average Bonchev–Trinajstić information content (AvgIpc) is 3.80. The number of carbonyl (C=O) groups is 4. The monoisotopic (exact) mass is 862 g/mol. The molecule has 2 atom stereocenters. The van der Waals surface area contributed by atoms with Crippen molar-refractivity contribution in [3.05, 3.63) is 152 Å². The number of carboxylic acids is 1. The number of halogens is 4. The zero-order valence-electron chi connectivity index (χ0n) is 31.4. The predicted molar refractivity (Wildman–Crippen MR) is 229 cm³/mol. The summed E-state index contributed by atoms with van der Waals surface area (Å²) < 4.78 is 34.5. The summed E-state index contributed by atoms with van der Waals surface area (Å²) in [5.74, 6) is -3.47. The average molecular weight is 864 g/mol. The Labute approximate surface area is 352 Å². The summed E-state index contributed by atoms with van der Waals surface area (Å²) in [5, 5.41) is 19.4. The number of carbonyl (C=O) groups excluding carboxylic acids is 3. The van der Waals surface area contributed by atoms with Crippen LogP contribution in [-0.4, -0.2) is 46.8 Å². The maximum atomic E-state index is 14.6. The molecule has 2 aromatic heterocycles. The highest BCUT2D eigenvalue weighted by molar-refractivity contribution is 7.15. The zero-order chi connectivity index (χ0) is 42.0. The molecule has 0 fully saturated rings. The predicted octanol–water partition coefficient (Wildman–Crippen LogP) is 11.8. The number of thiophene rings is 2. The minimum Gasteiger partial charge on any atom is -0.478 e. The normalized spacial score (nSPS) is 12.1. The van der Waals surface area contributed by atoms with Crippen LogP contribution in [0.25, 0.3) is 22.3 Å². The molecule has 2 unspecified atom stereocenters. The van der Waals surface area contributed by atoms with Crippen LogP contribution in [0, 0.1) is 0 Å². The standard InChI is InChI=1S/C24H23ClFNO3S.C20H15ClFNO3S/c1-24(2,3)30-23(29)20-18(16-9-11-17(25)12-10-16)14-31-22(20)27-21(28)19(26)13-15-7-5-4-6-8-15;21-14-8-6-13(7-9-14)15-11-27-19(17(15)20(25)26)23-18(24)16(22)10-12-4-2-1-3-5-12/h4-12,14,19H,13H2,1-3H3,(H,27,28);1-9,11,16H,10H2,(H,23,24)(H,25,26). The Morgan fingerprint density at radius 2 is 1.02 bits per heavy atom. The van der Waals surface area contributed by atoms with Crippen LogP contribution in [0.1, 0.15) is 52.6 Å². The van der Waals surface area contributed by atoms with Gasteiger partial charge in [-0.1, -0.05) is 108 Å². The van der Waals surface area contributed by atoms with Gasteiger partial charge in [0.1, 0.15) is 26.7 Å². The summed E-state index contributed by atoms with van der Waals surface area (Å²) in [7, 11) is 0. The molecule has 0 spiro atoms. The largest absolute Gasteiger partial charge is 0.478 e. The first-order chi connectivity index (χ1) is 27.6. The van der Waals surface area contributed by atoms with Gasteiger partial charge in [0.25, 0.3) is 11.8 Å². The fourth-order valence-electron chi connectivity index (χ4n) is 5.54. The molecule has 2 amide bonds. The summed E-state index contributed by atoms with van der Waals surface area (Å²) in [6.07, 6.45) is -3.67. The third-order valence-corrected chi connectivity index (χ3v) is 10.6. The topological polar surface area (TPSA) is 122 Å². The van der Waals surface area contributed by atoms with Gasteiger partial charge >= 0.3 is 11.9 Å². The van der Waals surface area contributed by atoms with Crippen molar-refractivity contribution in [3.8, 4) is 22.3 Å². The van der Waals surface area contributed by atoms with Gasteiger partial charge in [-0.2, -0.15) is 0 Å². The van der Waals surface area contributed by atoms with Crippen molar-refractivity contribution in [2.24, 2.45) is 0 Å². The van der Waals surface area contributed by atoms with Crippen LogP contribution in [0.15, 0.2) is 120 Å². The lowest BCUT2D eigenvalue weighted by atomic mass is 10.0. The Bertz CT molecular complexity index is 2350. The second kappa shape index (κ2) is 19.8. The fraction of sp³-hybridized carbons (Fsp3) is 0.182. The van der Waals surface area contributed by atoms with Gasteiger partial charge in [0.15, 0.2) is 12.3 Å². The van der Waals surface area contributed by atoms with Crippen LogP contribution in [-0.2, 0) is 27.2 Å². The summed E-state index contributed by atoms with van der Waals surface area (Å²) in [5.41, 5.74) is 3.22. The van der Waals surface area contributed by atoms with Crippen molar-refractivity contribution >= 4 is 79.6 Å². The number of carboxylic acid groups (broad SMARTS) is 1. The van der Waals surface area contributed by atoms with Gasteiger partial charge in [0, 0.05) is 44.8 Å². The maximum absolute atomic E-state index is 14.6. The number of rotatable bonds is 12. The molecule has 2 heterocycles. The molecule has 300 valence electrons. The number of hydrogen-bond acceptors (Lipinski definition) is 7. The number of aromatic carboxylic acids is 1. The van der Waals surface area contributed by atoms with Gasteiger partial charge in [0.2, 0.25) is 0 Å². The third kappa shape index (κ3) is 12.1. The molecule has 14 heteroatoms. The summed E-state index contributed by atoms with van der Waals surface area (Å²) in [4.78, 5) is 49.4. The van der Waals surface area contributed by atoms with E-state index >= 15 is 0 Å². The van der Waals surface area contributed by atoms with Gasteiger partial charge in [0.05, 0.1) is 0 Å². The number of hydrogen-bond donors (Lipinski definition) is 3. The summed E-state index contributed by atoms with van der Waals surface area (Å²) >= 11 is 14.0. The molecule has 8 nitrogen and oxygen atoms in total. The van der Waals surface area contributed by atoms with E-state index in [2.05, 4.69) is 10.6 Å². The molecule has 3 N–H and O–H groups in total. The lowest BCUT2D eigenvalue weighted by molar-refractivity contribution is -0.121. The molecule has 0 aliphatic rings. The Hall–Kier alpha value is -5.40. The SMILES string of the molecule is CC(C)(C)OC(=O)c1c(-c2ccc(Cl)cc2)csc1NC(=O)C(F)Cc1ccccc1.O=C(O)c1c(-c2ccc(Cl)cc2)csc1NC(=O)C(F)Cc1ccccc1. The van der Waals surface area contributed by atoms with Crippen molar-refractivity contribution < 1.29 is 37.8 Å². The Kier molecular flexibility index (Phi) is 15.0. The van der Waals surface area contributed by atoms with Crippen LogP contribution < -0.4 is 10.6 Å². The zero-order valence-corrected chi connectivity index (χ0v) is 34.6. The highest BCUT2D eigenvalue weighted by Crippen LogP contribution is 2.38. The first-order valence-corrected chi connectivity index (χ1v) is 20.3. The number of alkyl halides is 2. The Morgan fingerprint density at radius 1 is 0.638 bits per heavy atom. The van der Waals surface area contributed by atoms with E-state index in [9.17, 15) is 33.1 Å². The van der Waals surface area contributed by atoms with Gasteiger partial charge in [-0.3, -0.25) is 9.59 Å². The Morgan fingerprint density at radius 3 is 1.40 bits per heavy atom. The fourth-order valence-corrected chi connectivity index (χ4v) is 7.71. The van der Waals surface area contributed by atoms with E-state index in [4.69, 9.17) is 27.9 Å². The van der Waals surface area contributed by atoms with Crippen molar-refractivity contribution in [2.45, 2.75) is 51.6 Å². The summed E-state index contributed by atoms with van der Waals surface area (Å²) in [6.45, 7) is 5.28. The minimum atomic E-state index is -1.78. The van der Waals surface area contributed by atoms with Crippen molar-refractivity contribution in [1.29, 1.82) is 0 Å². The molecule has 0 aliphatic carbocycles. The first kappa shape index (κ1) is 43.7. The van der Waals surface area contributed by atoms with Crippen LogP contribution in [0.2, 0.25) is 10.0 Å². The summed E-state index contributed by atoms with van der Waals surface area (Å²) in [6, 6.07) is 31.4. The molecule has 6 rings (SSSR count). The molecule has 4 aromatic carbocycles. The van der Waals surface area contributed by atoms with Gasteiger partial charge in [-0.25, -0.2) is 18.4 Å². The third-order valence-electron chi connectivity index (χ3n) is 8.27. The van der Waals surface area contributed by atoms with E-state index in [1.165, 1.54) is 0 Å². The number of esters is 1. The van der Waals surface area contributed by atoms with Gasteiger partial charge in [-0.05, 0) is 67.3 Å². The molecule has 0 bridgehead atoms. The van der Waals surface area contributed by atoms with Crippen molar-refractivity contribution in [2.75, 3.05) is 10.6 Å². The number of ether oxygens (including phenoxy) is 1. The quantitative estimate of drug-likeness (QED) is 0.105. The maximum Gasteiger partial charge on any atom is 0.342 e. The lowest BCUT2D eigenvalue weighted by Gasteiger charge is -2.20. The number of amides is 2. The van der Waals surface area contributed by atoms with E-state index < -0.39 is 41.7 Å².